The van der Waals surface area contributed by atoms with Crippen molar-refractivity contribution in [3.8, 4) is 11.4 Å². The number of hydrogen-bond acceptors (Lipinski definition) is 5. The van der Waals surface area contributed by atoms with Crippen molar-refractivity contribution in [2.24, 2.45) is 5.73 Å². The second-order valence-corrected chi connectivity index (χ2v) is 3.86. The second-order valence-electron chi connectivity index (χ2n) is 3.86. The zero-order valence-corrected chi connectivity index (χ0v) is 10.4. The molecule has 5 nitrogen and oxygen atoms in total. The predicted octanol–water partition coefficient (Wildman–Crippen LogP) is 1.77. The summed E-state index contributed by atoms with van der Waals surface area (Å²) in [6.07, 6.45) is 0.641. The monoisotopic (exact) mass is 247 g/mol. The van der Waals surface area contributed by atoms with Gasteiger partial charge in [-0.2, -0.15) is 4.98 Å². The number of ether oxygens (including phenoxy) is 1. The lowest BCUT2D eigenvalue weighted by Crippen LogP contribution is -1.98. The van der Waals surface area contributed by atoms with E-state index in [1.807, 2.05) is 31.2 Å². The second kappa shape index (κ2) is 6.28. The first-order chi connectivity index (χ1) is 8.83. The molecule has 0 aliphatic heterocycles. The number of nitrogens with two attached hydrogens (primary N) is 1. The van der Waals surface area contributed by atoms with E-state index in [4.69, 9.17) is 15.0 Å². The Balaban J connectivity index is 2.04. The van der Waals surface area contributed by atoms with Crippen molar-refractivity contribution in [3.05, 3.63) is 35.7 Å². The van der Waals surface area contributed by atoms with E-state index >= 15 is 0 Å². The fraction of sp³-hybridized carbons (Fsp3) is 0.385. The summed E-state index contributed by atoms with van der Waals surface area (Å²) < 4.78 is 10.4. The van der Waals surface area contributed by atoms with Crippen LogP contribution in [0.2, 0.25) is 0 Å². The maximum atomic E-state index is 5.55. The van der Waals surface area contributed by atoms with Gasteiger partial charge in [-0.1, -0.05) is 29.4 Å². The molecule has 5 heteroatoms. The molecule has 1 heterocycles. The summed E-state index contributed by atoms with van der Waals surface area (Å²) in [4.78, 5) is 4.32. The molecular formula is C13H17N3O2. The third-order valence-electron chi connectivity index (χ3n) is 2.58. The van der Waals surface area contributed by atoms with Crippen LogP contribution in [0.15, 0.2) is 28.8 Å². The molecule has 0 saturated carbocycles. The maximum Gasteiger partial charge on any atom is 0.229 e. The van der Waals surface area contributed by atoms with Gasteiger partial charge in [0.2, 0.25) is 11.7 Å². The lowest BCUT2D eigenvalue weighted by molar-refractivity contribution is 0.144. The molecule has 0 aliphatic rings. The lowest BCUT2D eigenvalue weighted by Gasteiger charge is -1.97. The van der Waals surface area contributed by atoms with Crippen LogP contribution in [0.25, 0.3) is 11.4 Å². The molecule has 0 saturated heterocycles. The highest BCUT2D eigenvalue weighted by Crippen LogP contribution is 2.16. The van der Waals surface area contributed by atoms with Gasteiger partial charge < -0.3 is 15.0 Å². The third-order valence-corrected chi connectivity index (χ3v) is 2.58. The van der Waals surface area contributed by atoms with Crippen molar-refractivity contribution < 1.29 is 9.26 Å². The van der Waals surface area contributed by atoms with E-state index in [-0.39, 0.29) is 0 Å². The maximum absolute atomic E-state index is 5.55. The molecule has 0 atom stereocenters. The van der Waals surface area contributed by atoms with E-state index in [1.54, 1.807) is 0 Å². The Hall–Kier alpha value is -1.72. The Morgan fingerprint density at radius 2 is 2.06 bits per heavy atom. The van der Waals surface area contributed by atoms with E-state index in [9.17, 15) is 0 Å². The first-order valence-electron chi connectivity index (χ1n) is 6.03. The van der Waals surface area contributed by atoms with Crippen LogP contribution in [-0.4, -0.2) is 23.4 Å². The molecule has 18 heavy (non-hydrogen) atoms. The van der Waals surface area contributed by atoms with Gasteiger partial charge in [0, 0.05) is 18.7 Å². The summed E-state index contributed by atoms with van der Waals surface area (Å²) >= 11 is 0. The van der Waals surface area contributed by atoms with Crippen LogP contribution in [0.4, 0.5) is 0 Å². The lowest BCUT2D eigenvalue weighted by atomic mass is 10.1. The Kier molecular flexibility index (Phi) is 4.44. The first-order valence-corrected chi connectivity index (χ1v) is 6.03. The van der Waals surface area contributed by atoms with Crippen LogP contribution in [0.3, 0.4) is 0 Å². The van der Waals surface area contributed by atoms with Gasteiger partial charge in [-0.3, -0.25) is 0 Å². The minimum absolute atomic E-state index is 0.534. The normalized spacial score (nSPS) is 10.8. The van der Waals surface area contributed by atoms with Crippen molar-refractivity contribution in [2.45, 2.75) is 19.9 Å². The molecule has 0 radical (unpaired) electrons. The Bertz CT molecular complexity index is 479. The molecule has 0 aliphatic carbocycles. The first kappa shape index (κ1) is 12.7. The average Bonchev–Trinajstić information content (AvgIpc) is 2.88. The molecule has 2 rings (SSSR count). The molecule has 2 aromatic rings. The largest absolute Gasteiger partial charge is 0.381 e. The smallest absolute Gasteiger partial charge is 0.229 e. The molecule has 1 aromatic carbocycles. The van der Waals surface area contributed by atoms with E-state index in [0.29, 0.717) is 37.9 Å². The van der Waals surface area contributed by atoms with Crippen molar-refractivity contribution >= 4 is 0 Å². The highest BCUT2D eigenvalue weighted by atomic mass is 16.5. The molecule has 0 fully saturated rings. The van der Waals surface area contributed by atoms with Crippen LogP contribution >= 0.6 is 0 Å². The quantitative estimate of drug-likeness (QED) is 0.787. The summed E-state index contributed by atoms with van der Waals surface area (Å²) in [5, 5.41) is 3.95. The highest BCUT2D eigenvalue weighted by Gasteiger charge is 2.08. The third kappa shape index (κ3) is 3.15. The molecule has 0 amide bonds. The Morgan fingerprint density at radius 1 is 1.28 bits per heavy atom. The molecule has 96 valence electrons. The summed E-state index contributed by atoms with van der Waals surface area (Å²) in [6, 6.07) is 7.82. The summed E-state index contributed by atoms with van der Waals surface area (Å²) in [6.45, 7) is 3.79. The van der Waals surface area contributed by atoms with Crippen LogP contribution in [0, 0.1) is 0 Å². The van der Waals surface area contributed by atoms with Crippen molar-refractivity contribution in [2.75, 3.05) is 13.2 Å². The van der Waals surface area contributed by atoms with E-state index in [1.165, 1.54) is 0 Å². The van der Waals surface area contributed by atoms with Crippen LogP contribution in [-0.2, 0) is 17.7 Å². The van der Waals surface area contributed by atoms with Gasteiger partial charge in [0.1, 0.15) is 0 Å². The zero-order chi connectivity index (χ0) is 12.8. The minimum atomic E-state index is 0.534. The molecule has 0 bridgehead atoms. The van der Waals surface area contributed by atoms with Gasteiger partial charge in [-0.25, -0.2) is 0 Å². The summed E-state index contributed by atoms with van der Waals surface area (Å²) in [7, 11) is 0. The molecule has 0 spiro atoms. The number of nitrogens with zero attached hydrogens (tertiary/aromatic N) is 2. The van der Waals surface area contributed by atoms with Crippen molar-refractivity contribution in [3.63, 3.8) is 0 Å². The number of benzene rings is 1. The van der Waals surface area contributed by atoms with Gasteiger partial charge in [0.15, 0.2) is 0 Å². The minimum Gasteiger partial charge on any atom is -0.381 e. The van der Waals surface area contributed by atoms with Gasteiger partial charge in [-0.15, -0.1) is 0 Å². The Morgan fingerprint density at radius 3 is 2.72 bits per heavy atom. The van der Waals surface area contributed by atoms with Crippen molar-refractivity contribution in [1.29, 1.82) is 0 Å². The number of aromatic nitrogens is 2. The summed E-state index contributed by atoms with van der Waals surface area (Å²) in [5.74, 6) is 1.20. The standard InChI is InChI=1S/C13H17N3O2/c1-2-17-8-7-12-15-13(16-18-12)11-5-3-10(9-14)4-6-11/h3-6H,2,7-9,14H2,1H3. The van der Waals surface area contributed by atoms with Gasteiger partial charge in [0.25, 0.3) is 0 Å². The van der Waals surface area contributed by atoms with E-state index < -0.39 is 0 Å². The Labute approximate surface area is 106 Å². The molecule has 1 aromatic heterocycles. The zero-order valence-electron chi connectivity index (χ0n) is 10.4. The highest BCUT2D eigenvalue weighted by molar-refractivity contribution is 5.54. The molecular weight excluding hydrogens is 230 g/mol. The van der Waals surface area contributed by atoms with E-state index in [0.717, 1.165) is 11.1 Å². The fourth-order valence-electron chi connectivity index (χ4n) is 1.57. The van der Waals surface area contributed by atoms with Crippen molar-refractivity contribution in [1.82, 2.24) is 10.1 Å². The van der Waals surface area contributed by atoms with Gasteiger partial charge >= 0.3 is 0 Å². The predicted molar refractivity (Wildman–Crippen MR) is 67.8 cm³/mol. The van der Waals surface area contributed by atoms with Gasteiger partial charge in [-0.05, 0) is 12.5 Å². The van der Waals surface area contributed by atoms with Crippen LogP contribution in [0.5, 0.6) is 0 Å². The van der Waals surface area contributed by atoms with Crippen LogP contribution < -0.4 is 5.73 Å². The van der Waals surface area contributed by atoms with E-state index in [2.05, 4.69) is 10.1 Å². The van der Waals surface area contributed by atoms with Crippen LogP contribution in [0.1, 0.15) is 18.4 Å². The fourth-order valence-corrected chi connectivity index (χ4v) is 1.57. The number of hydrogen-bond donors (Lipinski definition) is 1. The topological polar surface area (TPSA) is 74.2 Å². The number of rotatable bonds is 6. The SMILES string of the molecule is CCOCCc1nc(-c2ccc(CN)cc2)no1. The summed E-state index contributed by atoms with van der Waals surface area (Å²) in [5.41, 5.74) is 7.56. The van der Waals surface area contributed by atoms with Gasteiger partial charge in [0.05, 0.1) is 13.0 Å². The molecule has 0 unspecified atom stereocenters. The average molecular weight is 247 g/mol. The molecule has 2 N–H and O–H groups in total.